The van der Waals surface area contributed by atoms with Gasteiger partial charge < -0.3 is 5.32 Å². The van der Waals surface area contributed by atoms with Gasteiger partial charge in [-0.15, -0.1) is 0 Å². The van der Waals surface area contributed by atoms with Crippen molar-refractivity contribution in [2.24, 2.45) is 0 Å². The van der Waals surface area contributed by atoms with Crippen molar-refractivity contribution in [1.29, 1.82) is 0 Å². The van der Waals surface area contributed by atoms with Crippen LogP contribution in [-0.4, -0.2) is 36.6 Å². The van der Waals surface area contributed by atoms with Crippen LogP contribution in [0.4, 0.5) is 0 Å². The van der Waals surface area contributed by atoms with Gasteiger partial charge in [-0.2, -0.15) is 0 Å². The van der Waals surface area contributed by atoms with E-state index >= 15 is 0 Å². The maximum atomic E-state index is 3.55. The Bertz CT molecular complexity index is 249. The molecule has 18 heavy (non-hydrogen) atoms. The molecule has 1 fully saturated rings. The Balaban J connectivity index is 1.94. The molecule has 0 spiro atoms. The van der Waals surface area contributed by atoms with Crippen molar-refractivity contribution in [2.45, 2.75) is 70.4 Å². The van der Waals surface area contributed by atoms with Gasteiger partial charge in [0, 0.05) is 18.6 Å². The van der Waals surface area contributed by atoms with E-state index in [4.69, 9.17) is 0 Å². The maximum Gasteiger partial charge on any atom is 0.0281 e. The first-order valence-electron chi connectivity index (χ1n) is 8.05. The van der Waals surface area contributed by atoms with Gasteiger partial charge in [0.25, 0.3) is 0 Å². The van der Waals surface area contributed by atoms with Gasteiger partial charge in [0.1, 0.15) is 0 Å². The van der Waals surface area contributed by atoms with Crippen molar-refractivity contribution < 1.29 is 0 Å². The molecule has 2 atom stereocenters. The highest BCUT2D eigenvalue weighted by Gasteiger charge is 2.26. The van der Waals surface area contributed by atoms with Crippen molar-refractivity contribution in [2.75, 3.05) is 19.6 Å². The number of hydrogen-bond donors (Lipinski definition) is 1. The molecule has 104 valence electrons. The van der Waals surface area contributed by atoms with E-state index in [0.717, 1.165) is 12.6 Å². The van der Waals surface area contributed by atoms with E-state index in [9.17, 15) is 0 Å². The number of piperidine rings is 1. The zero-order valence-electron chi connectivity index (χ0n) is 12.0. The molecule has 2 heteroatoms. The predicted molar refractivity (Wildman–Crippen MR) is 78.9 cm³/mol. The zero-order chi connectivity index (χ0) is 12.6. The minimum Gasteiger partial charge on any atom is -0.315 e. The van der Waals surface area contributed by atoms with E-state index in [0.29, 0.717) is 6.04 Å². The number of nitrogens with one attached hydrogen (secondary N) is 1. The third kappa shape index (κ3) is 4.10. The lowest BCUT2D eigenvalue weighted by Gasteiger charge is -2.41. The molecule has 2 unspecified atom stereocenters. The van der Waals surface area contributed by atoms with Crippen molar-refractivity contribution in [1.82, 2.24) is 10.2 Å². The van der Waals surface area contributed by atoms with E-state index in [-0.39, 0.29) is 0 Å². The summed E-state index contributed by atoms with van der Waals surface area (Å²) in [6.45, 7) is 5.81. The van der Waals surface area contributed by atoms with Crippen LogP contribution >= 0.6 is 0 Å². The summed E-state index contributed by atoms with van der Waals surface area (Å²) in [4.78, 5) is 2.79. The van der Waals surface area contributed by atoms with Gasteiger partial charge in [-0.05, 0) is 45.2 Å². The number of rotatable bonds is 4. The van der Waals surface area contributed by atoms with Gasteiger partial charge in [-0.1, -0.05) is 38.3 Å². The minimum atomic E-state index is 0.717. The fourth-order valence-corrected chi connectivity index (χ4v) is 3.41. The fourth-order valence-electron chi connectivity index (χ4n) is 3.41. The van der Waals surface area contributed by atoms with Gasteiger partial charge in [0.15, 0.2) is 0 Å². The van der Waals surface area contributed by atoms with Crippen LogP contribution in [0.1, 0.15) is 58.3 Å². The number of likely N-dealkylation sites (tertiary alicyclic amines) is 1. The highest BCUT2D eigenvalue weighted by atomic mass is 15.2. The highest BCUT2D eigenvalue weighted by molar-refractivity contribution is 4.98. The zero-order valence-corrected chi connectivity index (χ0v) is 12.0. The molecule has 0 bridgehead atoms. The standard InChI is InChI=1S/C16H30N2/c1-2-17-14-16-12-8-9-13-18(16)15-10-6-4-3-5-7-11-15/h6,10,15-17H,2-5,7-9,11-14H2,1H3/b10-6+. The Morgan fingerprint density at radius 3 is 2.89 bits per heavy atom. The average molecular weight is 250 g/mol. The summed E-state index contributed by atoms with van der Waals surface area (Å²) >= 11 is 0. The van der Waals surface area contributed by atoms with Crippen LogP contribution in [0.3, 0.4) is 0 Å². The Hall–Kier alpha value is -0.340. The van der Waals surface area contributed by atoms with Crippen LogP contribution < -0.4 is 5.32 Å². The van der Waals surface area contributed by atoms with Crippen molar-refractivity contribution in [3.8, 4) is 0 Å². The predicted octanol–water partition coefficient (Wildman–Crippen LogP) is 3.34. The first-order valence-corrected chi connectivity index (χ1v) is 8.05. The van der Waals surface area contributed by atoms with Crippen LogP contribution in [0.5, 0.6) is 0 Å². The van der Waals surface area contributed by atoms with Crippen molar-refractivity contribution in [3.63, 3.8) is 0 Å². The quantitative estimate of drug-likeness (QED) is 0.770. The van der Waals surface area contributed by atoms with Gasteiger partial charge in [0.2, 0.25) is 0 Å². The second-order valence-corrected chi connectivity index (χ2v) is 5.83. The molecule has 0 aromatic rings. The molecule has 1 aliphatic heterocycles. The smallest absolute Gasteiger partial charge is 0.0281 e. The normalized spacial score (nSPS) is 32.7. The van der Waals surface area contributed by atoms with Crippen LogP contribution in [0.2, 0.25) is 0 Å². The van der Waals surface area contributed by atoms with E-state index in [2.05, 4.69) is 29.3 Å². The first kappa shape index (κ1) is 14.1. The van der Waals surface area contributed by atoms with Gasteiger partial charge >= 0.3 is 0 Å². The van der Waals surface area contributed by atoms with Gasteiger partial charge in [-0.25, -0.2) is 0 Å². The Morgan fingerprint density at radius 1 is 1.11 bits per heavy atom. The maximum absolute atomic E-state index is 3.55. The third-order valence-corrected chi connectivity index (χ3v) is 4.46. The lowest BCUT2D eigenvalue weighted by atomic mass is 9.95. The number of likely N-dealkylation sites (N-methyl/N-ethyl adjacent to an activating group) is 1. The van der Waals surface area contributed by atoms with Crippen LogP contribution in [-0.2, 0) is 0 Å². The SMILES string of the molecule is CCNCC1CCCCN1C1/C=C/CCCCC1. The second-order valence-electron chi connectivity index (χ2n) is 5.83. The molecule has 0 aromatic carbocycles. The molecule has 2 aliphatic rings. The molecule has 2 rings (SSSR count). The number of hydrogen-bond acceptors (Lipinski definition) is 2. The van der Waals surface area contributed by atoms with Crippen LogP contribution in [0.15, 0.2) is 12.2 Å². The summed E-state index contributed by atoms with van der Waals surface area (Å²) in [6.07, 6.45) is 16.0. The first-order chi connectivity index (χ1) is 8.92. The molecular formula is C16H30N2. The summed E-state index contributed by atoms with van der Waals surface area (Å²) in [7, 11) is 0. The summed E-state index contributed by atoms with van der Waals surface area (Å²) < 4.78 is 0. The average Bonchev–Trinajstić information content (AvgIpc) is 2.37. The molecule has 0 aromatic heterocycles. The molecule has 0 radical (unpaired) electrons. The summed E-state index contributed by atoms with van der Waals surface area (Å²) in [6, 6.07) is 1.49. The largest absolute Gasteiger partial charge is 0.315 e. The Morgan fingerprint density at radius 2 is 2.00 bits per heavy atom. The van der Waals surface area contributed by atoms with E-state index in [1.165, 1.54) is 64.5 Å². The number of nitrogens with zero attached hydrogens (tertiary/aromatic N) is 1. The Labute approximate surface area is 113 Å². The summed E-state index contributed by atoms with van der Waals surface area (Å²) in [5.41, 5.74) is 0. The van der Waals surface area contributed by atoms with Gasteiger partial charge in [0.05, 0.1) is 0 Å². The molecular weight excluding hydrogens is 220 g/mol. The monoisotopic (exact) mass is 250 g/mol. The topological polar surface area (TPSA) is 15.3 Å². The van der Waals surface area contributed by atoms with Crippen LogP contribution in [0, 0.1) is 0 Å². The third-order valence-electron chi connectivity index (χ3n) is 4.46. The molecule has 1 N–H and O–H groups in total. The van der Waals surface area contributed by atoms with E-state index < -0.39 is 0 Å². The van der Waals surface area contributed by atoms with Gasteiger partial charge in [-0.3, -0.25) is 4.90 Å². The molecule has 1 heterocycles. The molecule has 0 saturated carbocycles. The van der Waals surface area contributed by atoms with E-state index in [1.54, 1.807) is 0 Å². The molecule has 1 saturated heterocycles. The van der Waals surface area contributed by atoms with Crippen LogP contribution in [0.25, 0.3) is 0 Å². The molecule has 0 amide bonds. The minimum absolute atomic E-state index is 0.717. The lowest BCUT2D eigenvalue weighted by molar-refractivity contribution is 0.109. The number of allylic oxidation sites excluding steroid dienone is 1. The fraction of sp³-hybridized carbons (Fsp3) is 0.875. The van der Waals surface area contributed by atoms with Crippen molar-refractivity contribution in [3.05, 3.63) is 12.2 Å². The lowest BCUT2D eigenvalue weighted by Crippen LogP contribution is -2.50. The summed E-state index contributed by atoms with van der Waals surface area (Å²) in [5.74, 6) is 0. The van der Waals surface area contributed by atoms with Crippen molar-refractivity contribution >= 4 is 0 Å². The molecule has 1 aliphatic carbocycles. The second kappa shape index (κ2) is 7.96. The molecule has 2 nitrogen and oxygen atoms in total. The summed E-state index contributed by atoms with van der Waals surface area (Å²) in [5, 5.41) is 3.55. The van der Waals surface area contributed by atoms with E-state index in [1.807, 2.05) is 0 Å². The highest BCUT2D eigenvalue weighted by Crippen LogP contribution is 2.24. The Kier molecular flexibility index (Phi) is 6.22.